The van der Waals surface area contributed by atoms with Crippen molar-refractivity contribution in [2.24, 2.45) is 7.05 Å². The van der Waals surface area contributed by atoms with Crippen molar-refractivity contribution < 1.29 is 36.9 Å². The van der Waals surface area contributed by atoms with E-state index in [9.17, 15) is 18.0 Å². The topological polar surface area (TPSA) is 75.0 Å². The third kappa shape index (κ3) is 4.83. The zero-order valence-electron chi connectivity index (χ0n) is 20.4. The van der Waals surface area contributed by atoms with E-state index in [0.717, 1.165) is 22.6 Å². The second-order valence-corrected chi connectivity index (χ2v) is 8.92. The van der Waals surface area contributed by atoms with Gasteiger partial charge in [-0.1, -0.05) is 12.1 Å². The molecule has 1 amide bonds. The first-order valence-electron chi connectivity index (χ1n) is 11.8. The van der Waals surface area contributed by atoms with Crippen molar-refractivity contribution in [1.29, 1.82) is 0 Å². The number of alkyl halides is 3. The number of ether oxygens (including phenoxy) is 4. The van der Waals surface area contributed by atoms with Gasteiger partial charge in [0.05, 0.1) is 25.6 Å². The first kappa shape index (κ1) is 24.9. The van der Waals surface area contributed by atoms with Gasteiger partial charge in [0, 0.05) is 49.7 Å². The fourth-order valence-electron chi connectivity index (χ4n) is 4.96. The third-order valence-electron chi connectivity index (χ3n) is 6.75. The molecule has 2 aliphatic heterocycles. The molecule has 3 aromatic rings. The van der Waals surface area contributed by atoms with Crippen LogP contribution < -0.4 is 14.2 Å². The minimum absolute atomic E-state index is 0.178. The van der Waals surface area contributed by atoms with Crippen LogP contribution >= 0.6 is 0 Å². The quantitative estimate of drug-likeness (QED) is 0.447. The second-order valence-electron chi connectivity index (χ2n) is 8.92. The summed E-state index contributed by atoms with van der Waals surface area (Å²) in [5, 5.41) is 4.48. The van der Waals surface area contributed by atoms with Gasteiger partial charge in [0.1, 0.15) is 18.0 Å². The first-order valence-corrected chi connectivity index (χ1v) is 11.8. The SMILES string of the molecule is COc1cc(C(=O)N2CCC3(CC2)Oc2ccccc2-c2c3cnn2C)ccc1OCCOC(F)(F)F. The second kappa shape index (κ2) is 9.62. The smallest absolute Gasteiger partial charge is 0.493 e. The maximum Gasteiger partial charge on any atom is 0.522 e. The van der Waals surface area contributed by atoms with Crippen LogP contribution in [0.3, 0.4) is 0 Å². The predicted molar refractivity (Wildman–Crippen MR) is 127 cm³/mol. The number of carbonyl (C=O) groups is 1. The molecule has 5 rings (SSSR count). The molecule has 0 aliphatic carbocycles. The molecule has 0 atom stereocenters. The Balaban J connectivity index is 1.27. The van der Waals surface area contributed by atoms with Gasteiger partial charge in [0.25, 0.3) is 5.91 Å². The normalized spacial score (nSPS) is 16.1. The van der Waals surface area contributed by atoms with Gasteiger partial charge in [-0.15, -0.1) is 13.2 Å². The molecule has 2 aromatic carbocycles. The van der Waals surface area contributed by atoms with Gasteiger partial charge in [-0.05, 0) is 30.3 Å². The maximum absolute atomic E-state index is 13.3. The molecule has 0 saturated carbocycles. The highest BCUT2D eigenvalue weighted by Crippen LogP contribution is 2.49. The van der Waals surface area contributed by atoms with Crippen molar-refractivity contribution in [3.8, 4) is 28.5 Å². The minimum atomic E-state index is -4.72. The number of para-hydroxylation sites is 1. The molecule has 0 unspecified atom stereocenters. The largest absolute Gasteiger partial charge is 0.522 e. The summed E-state index contributed by atoms with van der Waals surface area (Å²) in [4.78, 5) is 15.1. The Morgan fingerprint density at radius 3 is 2.59 bits per heavy atom. The highest BCUT2D eigenvalue weighted by molar-refractivity contribution is 5.95. The van der Waals surface area contributed by atoms with E-state index in [2.05, 4.69) is 9.84 Å². The molecule has 1 aromatic heterocycles. The lowest BCUT2D eigenvalue weighted by Crippen LogP contribution is -2.49. The lowest BCUT2D eigenvalue weighted by molar-refractivity contribution is -0.325. The molecule has 0 radical (unpaired) electrons. The van der Waals surface area contributed by atoms with E-state index < -0.39 is 18.6 Å². The van der Waals surface area contributed by atoms with E-state index in [1.54, 1.807) is 11.0 Å². The Kier molecular flexibility index (Phi) is 6.49. The monoisotopic (exact) mass is 517 g/mol. The van der Waals surface area contributed by atoms with Gasteiger partial charge in [-0.2, -0.15) is 5.10 Å². The average Bonchev–Trinajstić information content (AvgIpc) is 3.29. The summed E-state index contributed by atoms with van der Waals surface area (Å²) in [5.41, 5.74) is 2.88. The van der Waals surface area contributed by atoms with Gasteiger partial charge in [0.15, 0.2) is 11.5 Å². The van der Waals surface area contributed by atoms with E-state index >= 15 is 0 Å². The van der Waals surface area contributed by atoms with E-state index in [1.807, 2.05) is 42.2 Å². The van der Waals surface area contributed by atoms with Crippen molar-refractivity contribution in [1.82, 2.24) is 14.7 Å². The third-order valence-corrected chi connectivity index (χ3v) is 6.75. The van der Waals surface area contributed by atoms with Crippen LogP contribution in [0.15, 0.2) is 48.7 Å². The van der Waals surface area contributed by atoms with Gasteiger partial charge < -0.3 is 19.1 Å². The molecule has 37 heavy (non-hydrogen) atoms. The number of likely N-dealkylation sites (tertiary alicyclic amines) is 1. The van der Waals surface area contributed by atoms with Crippen LogP contribution in [0.25, 0.3) is 11.3 Å². The number of halogens is 3. The van der Waals surface area contributed by atoms with Crippen molar-refractivity contribution in [2.75, 3.05) is 33.4 Å². The van der Waals surface area contributed by atoms with E-state index in [-0.39, 0.29) is 24.0 Å². The number of piperidine rings is 1. The summed E-state index contributed by atoms with van der Waals surface area (Å²) in [6.07, 6.45) is -1.67. The summed E-state index contributed by atoms with van der Waals surface area (Å²) >= 11 is 0. The van der Waals surface area contributed by atoms with Crippen molar-refractivity contribution in [3.05, 3.63) is 59.8 Å². The zero-order valence-corrected chi connectivity index (χ0v) is 20.4. The van der Waals surface area contributed by atoms with Crippen LogP contribution in [0.1, 0.15) is 28.8 Å². The fourth-order valence-corrected chi connectivity index (χ4v) is 4.96. The van der Waals surface area contributed by atoms with Gasteiger partial charge >= 0.3 is 6.36 Å². The number of aromatic nitrogens is 2. The summed E-state index contributed by atoms with van der Waals surface area (Å²) in [6, 6.07) is 12.5. The number of rotatable bonds is 6. The number of hydrogen-bond acceptors (Lipinski definition) is 6. The molecule has 11 heteroatoms. The van der Waals surface area contributed by atoms with Gasteiger partial charge in [-0.25, -0.2) is 0 Å². The van der Waals surface area contributed by atoms with Gasteiger partial charge in [0.2, 0.25) is 0 Å². The number of amides is 1. The number of nitrogens with zero attached hydrogens (tertiary/aromatic N) is 3. The number of benzene rings is 2. The molecule has 1 saturated heterocycles. The van der Waals surface area contributed by atoms with Crippen LogP contribution in [0.4, 0.5) is 13.2 Å². The number of methoxy groups -OCH3 is 1. The summed E-state index contributed by atoms with van der Waals surface area (Å²) in [5.74, 6) is 1.10. The lowest BCUT2D eigenvalue weighted by atomic mass is 9.81. The Bertz CT molecular complexity index is 1300. The molecule has 1 spiro atoms. The summed E-state index contributed by atoms with van der Waals surface area (Å²) in [7, 11) is 3.31. The molecular formula is C26H26F3N3O5. The van der Waals surface area contributed by atoms with Crippen molar-refractivity contribution in [2.45, 2.75) is 24.8 Å². The fraction of sp³-hybridized carbons (Fsp3) is 0.385. The Hall–Kier alpha value is -3.73. The van der Waals surface area contributed by atoms with E-state index in [1.165, 1.54) is 19.2 Å². The molecule has 0 bridgehead atoms. The standard InChI is InChI=1S/C26H26F3N3O5/c1-31-23-18-5-3-4-6-20(18)37-25(19(23)16-30-31)9-11-32(12-10-25)24(33)17-7-8-21(22(15-17)34-2)35-13-14-36-26(27,28)29/h3-8,15-16H,9-14H2,1-2H3. The molecule has 3 heterocycles. The summed E-state index contributed by atoms with van der Waals surface area (Å²) in [6.45, 7) is -0.0275. The molecule has 0 N–H and O–H groups in total. The molecule has 2 aliphatic rings. The number of aryl methyl sites for hydroxylation is 1. The molecule has 8 nitrogen and oxygen atoms in total. The summed E-state index contributed by atoms with van der Waals surface area (Å²) < 4.78 is 59.2. The molecule has 196 valence electrons. The predicted octanol–water partition coefficient (Wildman–Crippen LogP) is 4.53. The number of carbonyl (C=O) groups excluding carboxylic acids is 1. The van der Waals surface area contributed by atoms with E-state index in [4.69, 9.17) is 14.2 Å². The number of hydrogen-bond donors (Lipinski definition) is 0. The maximum atomic E-state index is 13.3. The lowest BCUT2D eigenvalue weighted by Gasteiger charge is -2.44. The first-order chi connectivity index (χ1) is 17.7. The van der Waals surface area contributed by atoms with Crippen LogP contribution in [0.2, 0.25) is 0 Å². The van der Waals surface area contributed by atoms with Crippen LogP contribution in [0.5, 0.6) is 17.2 Å². The van der Waals surface area contributed by atoms with Gasteiger partial charge in [-0.3, -0.25) is 14.2 Å². The Morgan fingerprint density at radius 2 is 1.86 bits per heavy atom. The Morgan fingerprint density at radius 1 is 1.11 bits per heavy atom. The van der Waals surface area contributed by atoms with Crippen molar-refractivity contribution >= 4 is 5.91 Å². The van der Waals surface area contributed by atoms with Crippen molar-refractivity contribution in [3.63, 3.8) is 0 Å². The Labute approximate surface area is 211 Å². The number of fused-ring (bicyclic) bond motifs is 4. The molecular weight excluding hydrogens is 491 g/mol. The van der Waals surface area contributed by atoms with E-state index in [0.29, 0.717) is 31.5 Å². The molecule has 1 fully saturated rings. The minimum Gasteiger partial charge on any atom is -0.493 e. The average molecular weight is 518 g/mol. The van der Waals surface area contributed by atoms with Crippen LogP contribution in [0, 0.1) is 0 Å². The van der Waals surface area contributed by atoms with Crippen LogP contribution in [-0.2, 0) is 17.4 Å². The highest BCUT2D eigenvalue weighted by atomic mass is 19.4. The van der Waals surface area contributed by atoms with Crippen LogP contribution in [-0.4, -0.2) is 60.4 Å². The highest BCUT2D eigenvalue weighted by Gasteiger charge is 2.46. The zero-order chi connectivity index (χ0) is 26.2.